The zero-order valence-electron chi connectivity index (χ0n) is 14.4. The lowest BCUT2D eigenvalue weighted by Crippen LogP contribution is -2.45. The fraction of sp³-hybridized carbons (Fsp3) is 0.611. The Kier molecular flexibility index (Phi) is 5.68. The topological polar surface area (TPSA) is 48.9 Å². The van der Waals surface area contributed by atoms with Crippen molar-refractivity contribution in [3.63, 3.8) is 0 Å². The second-order valence-corrected chi connectivity index (χ2v) is 6.57. The van der Waals surface area contributed by atoms with Crippen LogP contribution >= 0.6 is 0 Å². The Bertz CT molecular complexity index is 568. The largest absolute Gasteiger partial charge is 0.379 e. The van der Waals surface area contributed by atoms with Crippen LogP contribution < -0.4 is 10.6 Å². The van der Waals surface area contributed by atoms with Gasteiger partial charge in [0.05, 0.1) is 13.2 Å². The average Bonchev–Trinajstić information content (AvgIpc) is 3.40. The van der Waals surface area contributed by atoms with E-state index in [1.54, 1.807) is 19.2 Å². The van der Waals surface area contributed by atoms with Crippen molar-refractivity contribution in [1.29, 1.82) is 0 Å². The minimum Gasteiger partial charge on any atom is -0.379 e. The molecular formula is C18H27FN4O. The lowest BCUT2D eigenvalue weighted by Gasteiger charge is -2.27. The van der Waals surface area contributed by atoms with E-state index in [1.165, 1.54) is 0 Å². The maximum Gasteiger partial charge on any atom is 0.191 e. The summed E-state index contributed by atoms with van der Waals surface area (Å²) in [7, 11) is 1.77. The summed E-state index contributed by atoms with van der Waals surface area (Å²) in [5.74, 6) is 0.679. The quantitative estimate of drug-likeness (QED) is 0.609. The van der Waals surface area contributed by atoms with Gasteiger partial charge in [0.25, 0.3) is 0 Å². The van der Waals surface area contributed by atoms with E-state index in [-0.39, 0.29) is 11.2 Å². The van der Waals surface area contributed by atoms with E-state index in [4.69, 9.17) is 4.74 Å². The third-order valence-corrected chi connectivity index (χ3v) is 4.94. The molecule has 1 saturated heterocycles. The van der Waals surface area contributed by atoms with Crippen LogP contribution in [-0.2, 0) is 10.2 Å². The summed E-state index contributed by atoms with van der Waals surface area (Å²) in [4.78, 5) is 6.66. The Labute approximate surface area is 143 Å². The molecule has 6 heteroatoms. The lowest BCUT2D eigenvalue weighted by molar-refractivity contribution is 0.0389. The summed E-state index contributed by atoms with van der Waals surface area (Å²) in [6.45, 7) is 6.14. The number of nitrogens with zero attached hydrogens (tertiary/aromatic N) is 2. The molecule has 3 rings (SSSR count). The first kappa shape index (κ1) is 17.2. The molecule has 1 aliphatic carbocycles. The van der Waals surface area contributed by atoms with Crippen molar-refractivity contribution in [3.05, 3.63) is 35.6 Å². The molecule has 0 amide bonds. The van der Waals surface area contributed by atoms with Gasteiger partial charge in [0.15, 0.2) is 5.96 Å². The van der Waals surface area contributed by atoms with Crippen molar-refractivity contribution in [2.45, 2.75) is 18.3 Å². The maximum absolute atomic E-state index is 14.1. The van der Waals surface area contributed by atoms with Crippen molar-refractivity contribution in [1.82, 2.24) is 15.5 Å². The summed E-state index contributed by atoms with van der Waals surface area (Å²) in [6, 6.07) is 7.10. The van der Waals surface area contributed by atoms with Crippen LogP contribution in [0.5, 0.6) is 0 Å². The van der Waals surface area contributed by atoms with Gasteiger partial charge in [0.2, 0.25) is 0 Å². The molecule has 2 N–H and O–H groups in total. The number of nitrogens with one attached hydrogen (secondary N) is 2. The SMILES string of the molecule is CN=C(NCCN1CCOCC1)NCC1(c2ccccc2F)CC1. The van der Waals surface area contributed by atoms with Crippen LogP contribution in [0.4, 0.5) is 4.39 Å². The molecule has 0 aromatic heterocycles. The molecule has 5 nitrogen and oxygen atoms in total. The first-order chi connectivity index (χ1) is 11.7. The average molecular weight is 334 g/mol. The summed E-state index contributed by atoms with van der Waals surface area (Å²) in [5.41, 5.74) is 0.744. The Balaban J connectivity index is 1.45. The van der Waals surface area contributed by atoms with E-state index in [9.17, 15) is 4.39 Å². The molecule has 132 valence electrons. The number of hydrogen-bond acceptors (Lipinski definition) is 3. The lowest BCUT2D eigenvalue weighted by atomic mass is 9.95. The number of aliphatic imine (C=N–C) groups is 1. The Morgan fingerprint density at radius 2 is 2.00 bits per heavy atom. The highest BCUT2D eigenvalue weighted by molar-refractivity contribution is 5.79. The Hall–Kier alpha value is -1.66. The van der Waals surface area contributed by atoms with Gasteiger partial charge < -0.3 is 15.4 Å². The van der Waals surface area contributed by atoms with Crippen molar-refractivity contribution in [3.8, 4) is 0 Å². The fourth-order valence-electron chi connectivity index (χ4n) is 3.21. The molecule has 0 atom stereocenters. The predicted octanol–water partition coefficient (Wildman–Crippen LogP) is 1.35. The summed E-state index contributed by atoms with van der Waals surface area (Å²) < 4.78 is 19.4. The highest BCUT2D eigenvalue weighted by atomic mass is 19.1. The number of halogens is 1. The molecule has 1 aromatic carbocycles. The number of ether oxygens (including phenoxy) is 1. The Morgan fingerprint density at radius 3 is 2.67 bits per heavy atom. The highest BCUT2D eigenvalue weighted by Crippen LogP contribution is 2.48. The smallest absolute Gasteiger partial charge is 0.191 e. The molecular weight excluding hydrogens is 307 g/mol. The van der Waals surface area contributed by atoms with Crippen LogP contribution in [0, 0.1) is 5.82 Å². The third kappa shape index (κ3) is 4.24. The van der Waals surface area contributed by atoms with Gasteiger partial charge >= 0.3 is 0 Å². The number of guanidine groups is 1. The second kappa shape index (κ2) is 7.94. The monoisotopic (exact) mass is 334 g/mol. The molecule has 0 spiro atoms. The first-order valence-electron chi connectivity index (χ1n) is 8.73. The van der Waals surface area contributed by atoms with Crippen LogP contribution in [0.3, 0.4) is 0 Å². The van der Waals surface area contributed by atoms with Gasteiger partial charge in [-0.3, -0.25) is 9.89 Å². The Morgan fingerprint density at radius 1 is 1.25 bits per heavy atom. The zero-order chi connectivity index (χ0) is 16.8. The summed E-state index contributed by atoms with van der Waals surface area (Å²) in [6.07, 6.45) is 2.04. The summed E-state index contributed by atoms with van der Waals surface area (Å²) >= 11 is 0. The van der Waals surface area contributed by atoms with Gasteiger partial charge in [-0.25, -0.2) is 4.39 Å². The van der Waals surface area contributed by atoms with E-state index >= 15 is 0 Å². The minimum absolute atomic E-state index is 0.0762. The number of hydrogen-bond donors (Lipinski definition) is 2. The molecule has 0 unspecified atom stereocenters. The van der Waals surface area contributed by atoms with E-state index in [0.29, 0.717) is 6.54 Å². The van der Waals surface area contributed by atoms with Gasteiger partial charge in [0.1, 0.15) is 5.82 Å². The van der Waals surface area contributed by atoms with E-state index < -0.39 is 0 Å². The van der Waals surface area contributed by atoms with Crippen LogP contribution in [0.25, 0.3) is 0 Å². The zero-order valence-corrected chi connectivity index (χ0v) is 14.4. The van der Waals surface area contributed by atoms with Gasteiger partial charge in [-0.2, -0.15) is 0 Å². The van der Waals surface area contributed by atoms with Crippen molar-refractivity contribution in [2.24, 2.45) is 4.99 Å². The van der Waals surface area contributed by atoms with Crippen LogP contribution in [0.1, 0.15) is 18.4 Å². The molecule has 2 aliphatic rings. The van der Waals surface area contributed by atoms with Gasteiger partial charge in [-0.15, -0.1) is 0 Å². The van der Waals surface area contributed by atoms with Crippen molar-refractivity contribution < 1.29 is 9.13 Å². The molecule has 1 saturated carbocycles. The molecule has 1 aliphatic heterocycles. The number of rotatable bonds is 6. The maximum atomic E-state index is 14.1. The number of benzene rings is 1. The molecule has 0 radical (unpaired) electrons. The molecule has 1 aromatic rings. The molecule has 24 heavy (non-hydrogen) atoms. The normalized spacial score (nSPS) is 20.7. The van der Waals surface area contributed by atoms with E-state index in [1.807, 2.05) is 12.1 Å². The van der Waals surface area contributed by atoms with Gasteiger partial charge in [-0.1, -0.05) is 18.2 Å². The van der Waals surface area contributed by atoms with Crippen LogP contribution in [-0.4, -0.2) is 63.8 Å². The number of morpholine rings is 1. The molecule has 0 bridgehead atoms. The molecule has 2 fully saturated rings. The van der Waals surface area contributed by atoms with Crippen molar-refractivity contribution >= 4 is 5.96 Å². The van der Waals surface area contributed by atoms with Gasteiger partial charge in [-0.05, 0) is 24.5 Å². The van der Waals surface area contributed by atoms with E-state index in [0.717, 1.165) is 63.8 Å². The predicted molar refractivity (Wildman–Crippen MR) is 93.9 cm³/mol. The standard InChI is InChI=1S/C18H27FN4O/c1-20-17(21-8-9-23-10-12-24-13-11-23)22-14-18(6-7-18)15-4-2-3-5-16(15)19/h2-5H,6-14H2,1H3,(H2,20,21,22). The minimum atomic E-state index is -0.105. The van der Waals surface area contributed by atoms with Crippen molar-refractivity contribution in [2.75, 3.05) is 53.0 Å². The van der Waals surface area contributed by atoms with E-state index in [2.05, 4.69) is 20.5 Å². The van der Waals surface area contributed by atoms with Crippen LogP contribution in [0.2, 0.25) is 0 Å². The summed E-state index contributed by atoms with van der Waals surface area (Å²) in [5, 5.41) is 6.71. The second-order valence-electron chi connectivity index (χ2n) is 6.57. The fourth-order valence-corrected chi connectivity index (χ4v) is 3.21. The van der Waals surface area contributed by atoms with Crippen LogP contribution in [0.15, 0.2) is 29.3 Å². The molecule has 1 heterocycles. The third-order valence-electron chi connectivity index (χ3n) is 4.94. The highest BCUT2D eigenvalue weighted by Gasteiger charge is 2.45. The first-order valence-corrected chi connectivity index (χ1v) is 8.73. The van der Waals surface area contributed by atoms with Gasteiger partial charge in [0, 0.05) is 45.2 Å².